The third-order valence-corrected chi connectivity index (χ3v) is 6.25. The summed E-state index contributed by atoms with van der Waals surface area (Å²) < 4.78 is 12.2. The molecule has 6 nitrogen and oxygen atoms in total. The van der Waals surface area contributed by atoms with Crippen LogP contribution in [0.3, 0.4) is 0 Å². The second-order valence-electron chi connectivity index (χ2n) is 7.99. The summed E-state index contributed by atoms with van der Waals surface area (Å²) in [5, 5.41) is 11.6. The van der Waals surface area contributed by atoms with Crippen LogP contribution in [0.1, 0.15) is 55.3 Å². The average Bonchev–Trinajstić information content (AvgIpc) is 3.33. The smallest absolute Gasteiger partial charge is 0.290 e. The van der Waals surface area contributed by atoms with Gasteiger partial charge in [0.15, 0.2) is 11.5 Å². The molecule has 0 bridgehead atoms. The number of ether oxygens (including phenoxy) is 1. The lowest BCUT2D eigenvalue weighted by Crippen LogP contribution is -2.32. The Morgan fingerprint density at radius 1 is 1.12 bits per heavy atom. The van der Waals surface area contributed by atoms with E-state index in [2.05, 4.69) is 22.9 Å². The fraction of sp³-hybridized carbons (Fsp3) is 0.308. The molecule has 0 saturated heterocycles. The lowest BCUT2D eigenvalue weighted by Gasteiger charge is -2.26. The fourth-order valence-corrected chi connectivity index (χ4v) is 4.55. The first-order valence-corrected chi connectivity index (χ1v) is 11.9. The van der Waals surface area contributed by atoms with E-state index in [1.807, 2.05) is 43.3 Å². The molecule has 1 atom stereocenters. The Morgan fingerprint density at radius 2 is 1.88 bits per heavy atom. The molecule has 0 saturated carbocycles. The zero-order chi connectivity index (χ0) is 23.5. The summed E-state index contributed by atoms with van der Waals surface area (Å²) in [4.78, 5) is 28.2. The number of carbonyl (C=O) groups is 2. The Morgan fingerprint density at radius 3 is 2.58 bits per heavy atom. The van der Waals surface area contributed by atoms with Crippen molar-refractivity contribution in [3.8, 4) is 5.75 Å². The minimum absolute atomic E-state index is 0.0405. The number of hydrogen-bond donors (Lipinski definition) is 1. The van der Waals surface area contributed by atoms with Gasteiger partial charge in [0.05, 0.1) is 18.2 Å². The summed E-state index contributed by atoms with van der Waals surface area (Å²) in [6.45, 7) is 4.97. The zero-order valence-corrected chi connectivity index (χ0v) is 20.2. The number of carbonyl (C=O) groups excluding carboxylic acids is 2. The van der Waals surface area contributed by atoms with Gasteiger partial charge in [-0.05, 0) is 55.3 Å². The van der Waals surface area contributed by atoms with Gasteiger partial charge in [-0.1, -0.05) is 47.8 Å². The Balaban J connectivity index is 1.74. The molecule has 7 heteroatoms. The SMILES string of the molecule is CCCCCN1C(=O)C(O)=C(C(=O)c2cc3cc(Br)ccc3o2)C1c1ccc(OCC)cc1. The Bertz CT molecular complexity index is 1210. The number of unbranched alkanes of at least 4 members (excludes halogenated alkanes) is 2. The Kier molecular flexibility index (Phi) is 6.88. The number of fused-ring (bicyclic) bond motifs is 1. The van der Waals surface area contributed by atoms with Crippen molar-refractivity contribution in [2.45, 2.75) is 39.2 Å². The highest BCUT2D eigenvalue weighted by Gasteiger charge is 2.44. The molecule has 0 spiro atoms. The van der Waals surface area contributed by atoms with Crippen molar-refractivity contribution in [2.24, 2.45) is 0 Å². The molecule has 33 heavy (non-hydrogen) atoms. The molecule has 1 unspecified atom stereocenters. The molecule has 1 N–H and O–H groups in total. The van der Waals surface area contributed by atoms with E-state index in [1.54, 1.807) is 17.0 Å². The van der Waals surface area contributed by atoms with Crippen LogP contribution < -0.4 is 4.74 Å². The van der Waals surface area contributed by atoms with Crippen LogP contribution in [0.15, 0.2) is 68.8 Å². The van der Waals surface area contributed by atoms with Crippen molar-refractivity contribution in [3.63, 3.8) is 0 Å². The van der Waals surface area contributed by atoms with Crippen LogP contribution in [-0.2, 0) is 4.79 Å². The molecular weight excluding hydrogens is 486 g/mol. The maximum absolute atomic E-state index is 13.6. The second-order valence-corrected chi connectivity index (χ2v) is 8.91. The molecule has 2 aromatic carbocycles. The van der Waals surface area contributed by atoms with E-state index >= 15 is 0 Å². The van der Waals surface area contributed by atoms with Crippen molar-refractivity contribution in [1.29, 1.82) is 0 Å². The van der Waals surface area contributed by atoms with E-state index in [0.29, 0.717) is 24.5 Å². The highest BCUT2D eigenvalue weighted by Crippen LogP contribution is 2.40. The largest absolute Gasteiger partial charge is 0.503 e. The van der Waals surface area contributed by atoms with E-state index in [1.165, 1.54) is 0 Å². The van der Waals surface area contributed by atoms with Crippen molar-refractivity contribution in [1.82, 2.24) is 4.90 Å². The van der Waals surface area contributed by atoms with Gasteiger partial charge >= 0.3 is 0 Å². The van der Waals surface area contributed by atoms with E-state index in [9.17, 15) is 14.7 Å². The lowest BCUT2D eigenvalue weighted by atomic mass is 9.94. The number of Topliss-reactive ketones (excluding diaryl/α,β-unsaturated/α-hetero) is 1. The van der Waals surface area contributed by atoms with Gasteiger partial charge in [-0.25, -0.2) is 0 Å². The normalized spacial score (nSPS) is 16.2. The molecule has 172 valence electrons. The lowest BCUT2D eigenvalue weighted by molar-refractivity contribution is -0.129. The van der Waals surface area contributed by atoms with Crippen LogP contribution in [0.4, 0.5) is 0 Å². The van der Waals surface area contributed by atoms with Gasteiger partial charge in [0, 0.05) is 16.4 Å². The number of aliphatic hydroxyl groups excluding tert-OH is 1. The molecule has 0 aliphatic carbocycles. The van der Waals surface area contributed by atoms with Crippen LogP contribution >= 0.6 is 15.9 Å². The number of hydrogen-bond acceptors (Lipinski definition) is 5. The maximum atomic E-state index is 13.6. The number of halogens is 1. The van der Waals surface area contributed by atoms with E-state index in [-0.39, 0.29) is 11.3 Å². The second kappa shape index (κ2) is 9.83. The first kappa shape index (κ1) is 23.1. The van der Waals surface area contributed by atoms with Crippen LogP contribution in [0, 0.1) is 0 Å². The van der Waals surface area contributed by atoms with Gasteiger partial charge in [0.2, 0.25) is 5.78 Å². The molecule has 0 fully saturated rings. The summed E-state index contributed by atoms with van der Waals surface area (Å²) in [7, 11) is 0. The molecule has 3 aromatic rings. The molecule has 1 aromatic heterocycles. The predicted octanol–water partition coefficient (Wildman–Crippen LogP) is 6.36. The highest BCUT2D eigenvalue weighted by atomic mass is 79.9. The van der Waals surface area contributed by atoms with Crippen LogP contribution in [0.5, 0.6) is 5.75 Å². The number of aliphatic hydroxyl groups is 1. The van der Waals surface area contributed by atoms with Gasteiger partial charge in [-0.3, -0.25) is 9.59 Å². The van der Waals surface area contributed by atoms with Crippen LogP contribution in [0.2, 0.25) is 0 Å². The number of amides is 1. The molecular formula is C26H26BrNO5. The Labute approximate surface area is 201 Å². The van der Waals surface area contributed by atoms with Gasteiger partial charge in [0.25, 0.3) is 5.91 Å². The third kappa shape index (κ3) is 4.55. The van der Waals surface area contributed by atoms with Gasteiger partial charge in [-0.2, -0.15) is 0 Å². The minimum atomic E-state index is -0.697. The van der Waals surface area contributed by atoms with E-state index in [4.69, 9.17) is 9.15 Å². The summed E-state index contributed by atoms with van der Waals surface area (Å²) >= 11 is 3.42. The minimum Gasteiger partial charge on any atom is -0.503 e. The summed E-state index contributed by atoms with van der Waals surface area (Å²) in [6.07, 6.45) is 2.72. The Hall–Kier alpha value is -3.06. The first-order chi connectivity index (χ1) is 15.9. The molecule has 1 amide bonds. The monoisotopic (exact) mass is 511 g/mol. The zero-order valence-electron chi connectivity index (χ0n) is 18.6. The van der Waals surface area contributed by atoms with Crippen molar-refractivity contribution in [2.75, 3.05) is 13.2 Å². The number of ketones is 1. The topological polar surface area (TPSA) is 80.0 Å². The fourth-order valence-electron chi connectivity index (χ4n) is 4.17. The number of furan rings is 1. The average molecular weight is 512 g/mol. The molecule has 1 aliphatic heterocycles. The maximum Gasteiger partial charge on any atom is 0.290 e. The van der Waals surface area contributed by atoms with Gasteiger partial charge in [0.1, 0.15) is 11.3 Å². The standard InChI is InChI=1S/C26H26BrNO5/c1-3-5-6-13-28-23(16-7-10-19(11-8-16)32-4-2)22(25(30)26(28)31)24(29)21-15-17-14-18(27)9-12-20(17)33-21/h7-12,14-15,23,30H,3-6,13H2,1-2H3. The van der Waals surface area contributed by atoms with Gasteiger partial charge < -0.3 is 19.2 Å². The summed E-state index contributed by atoms with van der Waals surface area (Å²) in [6, 6.07) is 13.7. The quantitative estimate of drug-likeness (QED) is 0.267. The van der Waals surface area contributed by atoms with E-state index in [0.717, 1.165) is 34.7 Å². The number of rotatable bonds is 9. The van der Waals surface area contributed by atoms with Crippen LogP contribution in [0.25, 0.3) is 11.0 Å². The number of nitrogens with zero attached hydrogens (tertiary/aromatic N) is 1. The van der Waals surface area contributed by atoms with Crippen molar-refractivity contribution in [3.05, 3.63) is 75.7 Å². The first-order valence-electron chi connectivity index (χ1n) is 11.1. The summed E-state index contributed by atoms with van der Waals surface area (Å²) in [5.41, 5.74) is 1.33. The van der Waals surface area contributed by atoms with Gasteiger partial charge in [-0.15, -0.1) is 0 Å². The van der Waals surface area contributed by atoms with Crippen molar-refractivity contribution < 1.29 is 23.8 Å². The van der Waals surface area contributed by atoms with Crippen LogP contribution in [-0.4, -0.2) is 34.8 Å². The number of benzene rings is 2. The molecule has 0 radical (unpaired) electrons. The molecule has 4 rings (SSSR count). The van der Waals surface area contributed by atoms with Crippen molar-refractivity contribution >= 4 is 38.6 Å². The highest BCUT2D eigenvalue weighted by molar-refractivity contribution is 9.10. The van der Waals surface area contributed by atoms with E-state index < -0.39 is 23.5 Å². The molecule has 2 heterocycles. The summed E-state index contributed by atoms with van der Waals surface area (Å²) in [5.74, 6) is -0.759. The molecule has 1 aliphatic rings. The third-order valence-electron chi connectivity index (χ3n) is 5.76. The predicted molar refractivity (Wildman–Crippen MR) is 129 cm³/mol.